The van der Waals surface area contributed by atoms with E-state index in [2.05, 4.69) is 85.4 Å². The highest BCUT2D eigenvalue weighted by molar-refractivity contribution is 9.10. The Balaban J connectivity index is 1.85. The maximum Gasteiger partial charge on any atom is 0.0471 e. The molecule has 0 aliphatic heterocycles. The van der Waals surface area contributed by atoms with Crippen LogP contribution >= 0.6 is 31.9 Å². The summed E-state index contributed by atoms with van der Waals surface area (Å²) >= 11 is 7.17. The quantitative estimate of drug-likeness (QED) is 0.302. The van der Waals surface area contributed by atoms with Crippen LogP contribution in [0.25, 0.3) is 32.9 Å². The summed E-state index contributed by atoms with van der Waals surface area (Å²) in [6.45, 7) is 0. The SMILES string of the molecule is Brc1ccc2c(c1)-c1cc3[nH]c4ccc(Br)cc4c3cc1C2. The number of benzene rings is 3. The van der Waals surface area contributed by atoms with Gasteiger partial charge in [0, 0.05) is 30.8 Å². The van der Waals surface area contributed by atoms with Crippen molar-refractivity contribution in [1.82, 2.24) is 4.98 Å². The molecule has 1 nitrogen and oxygen atoms in total. The van der Waals surface area contributed by atoms with Crippen molar-refractivity contribution in [1.29, 1.82) is 0 Å². The van der Waals surface area contributed by atoms with Crippen LogP contribution in [0, 0.1) is 0 Å². The summed E-state index contributed by atoms with van der Waals surface area (Å²) in [5.74, 6) is 0. The van der Waals surface area contributed by atoms with Crippen molar-refractivity contribution in [2.24, 2.45) is 0 Å². The molecule has 1 aliphatic carbocycles. The lowest BCUT2D eigenvalue weighted by molar-refractivity contribution is 1.27. The van der Waals surface area contributed by atoms with Crippen molar-refractivity contribution in [3.63, 3.8) is 0 Å². The minimum absolute atomic E-state index is 1.02. The summed E-state index contributed by atoms with van der Waals surface area (Å²) in [5, 5.41) is 2.59. The molecule has 22 heavy (non-hydrogen) atoms. The number of H-pyrrole nitrogens is 1. The van der Waals surface area contributed by atoms with Crippen LogP contribution in [-0.4, -0.2) is 4.98 Å². The standard InChI is InChI=1S/C19H11Br2N/c20-12-2-1-10-5-11-6-16-17-8-13(21)3-4-18(17)22-19(16)9-15(11)14(10)7-12/h1-4,6-9,22H,5H2. The van der Waals surface area contributed by atoms with Crippen LogP contribution in [0.5, 0.6) is 0 Å². The Morgan fingerprint density at radius 3 is 2.32 bits per heavy atom. The smallest absolute Gasteiger partial charge is 0.0471 e. The summed E-state index contributed by atoms with van der Waals surface area (Å²) in [6, 6.07) is 17.6. The molecule has 0 bridgehead atoms. The molecule has 0 saturated carbocycles. The fraction of sp³-hybridized carbons (Fsp3) is 0.0526. The van der Waals surface area contributed by atoms with Gasteiger partial charge in [-0.3, -0.25) is 0 Å². The topological polar surface area (TPSA) is 15.8 Å². The summed E-state index contributed by atoms with van der Waals surface area (Å²) < 4.78 is 2.26. The lowest BCUT2D eigenvalue weighted by Crippen LogP contribution is -1.80. The molecule has 0 unspecified atom stereocenters. The molecule has 1 aromatic heterocycles. The second-order valence-corrected chi connectivity index (χ2v) is 7.68. The Labute approximate surface area is 144 Å². The van der Waals surface area contributed by atoms with E-state index in [0.717, 1.165) is 15.4 Å². The third kappa shape index (κ3) is 1.76. The van der Waals surface area contributed by atoms with Gasteiger partial charge in [-0.15, -0.1) is 0 Å². The van der Waals surface area contributed by atoms with Crippen molar-refractivity contribution >= 4 is 53.7 Å². The fourth-order valence-electron chi connectivity index (χ4n) is 3.52. The van der Waals surface area contributed by atoms with E-state index in [1.54, 1.807) is 0 Å². The molecule has 3 aromatic carbocycles. The van der Waals surface area contributed by atoms with Crippen LogP contribution in [0.3, 0.4) is 0 Å². The molecule has 0 atom stereocenters. The predicted octanol–water partition coefficient (Wildman–Crippen LogP) is 6.42. The van der Waals surface area contributed by atoms with Crippen molar-refractivity contribution in [3.05, 3.63) is 68.6 Å². The second-order valence-electron chi connectivity index (χ2n) is 5.85. The molecule has 3 heteroatoms. The first kappa shape index (κ1) is 12.9. The number of nitrogens with one attached hydrogen (secondary N) is 1. The van der Waals surface area contributed by atoms with Crippen LogP contribution in [0.1, 0.15) is 11.1 Å². The van der Waals surface area contributed by atoms with Crippen LogP contribution in [0.15, 0.2) is 57.5 Å². The van der Waals surface area contributed by atoms with E-state index in [1.165, 1.54) is 44.1 Å². The zero-order valence-corrected chi connectivity index (χ0v) is 14.8. The molecule has 0 spiro atoms. The first-order chi connectivity index (χ1) is 10.7. The molecule has 0 radical (unpaired) electrons. The molecule has 1 aliphatic rings. The Morgan fingerprint density at radius 1 is 0.682 bits per heavy atom. The van der Waals surface area contributed by atoms with Crippen LogP contribution in [0.2, 0.25) is 0 Å². The molecule has 1 N–H and O–H groups in total. The van der Waals surface area contributed by atoms with Gasteiger partial charge in [-0.2, -0.15) is 0 Å². The number of hydrogen-bond acceptors (Lipinski definition) is 0. The van der Waals surface area contributed by atoms with Crippen LogP contribution in [0.4, 0.5) is 0 Å². The molecule has 1 heterocycles. The van der Waals surface area contributed by atoms with E-state index in [-0.39, 0.29) is 0 Å². The monoisotopic (exact) mass is 411 g/mol. The van der Waals surface area contributed by atoms with Gasteiger partial charge in [0.25, 0.3) is 0 Å². The number of halogens is 2. The minimum Gasteiger partial charge on any atom is -0.354 e. The van der Waals surface area contributed by atoms with Crippen molar-refractivity contribution < 1.29 is 0 Å². The highest BCUT2D eigenvalue weighted by Crippen LogP contribution is 2.41. The average molecular weight is 413 g/mol. The summed E-state index contributed by atoms with van der Waals surface area (Å²) in [5.41, 5.74) is 7.94. The van der Waals surface area contributed by atoms with Gasteiger partial charge in [0.15, 0.2) is 0 Å². The van der Waals surface area contributed by atoms with E-state index in [4.69, 9.17) is 0 Å². The van der Waals surface area contributed by atoms with E-state index in [0.29, 0.717) is 0 Å². The van der Waals surface area contributed by atoms with Gasteiger partial charge in [-0.05, 0) is 71.1 Å². The molecule has 0 amide bonds. The summed E-state index contributed by atoms with van der Waals surface area (Å²) in [4.78, 5) is 3.55. The minimum atomic E-state index is 1.02. The Kier molecular flexibility index (Phi) is 2.62. The van der Waals surface area contributed by atoms with Gasteiger partial charge >= 0.3 is 0 Å². The number of hydrogen-bond donors (Lipinski definition) is 1. The number of aromatic nitrogens is 1. The van der Waals surface area contributed by atoms with Crippen molar-refractivity contribution in [2.75, 3.05) is 0 Å². The normalized spacial score (nSPS) is 12.8. The van der Waals surface area contributed by atoms with E-state index < -0.39 is 0 Å². The lowest BCUT2D eigenvalue weighted by Gasteiger charge is -2.02. The zero-order valence-electron chi connectivity index (χ0n) is 11.6. The van der Waals surface area contributed by atoms with E-state index in [1.807, 2.05) is 0 Å². The van der Waals surface area contributed by atoms with Gasteiger partial charge in [0.2, 0.25) is 0 Å². The Bertz CT molecular complexity index is 1080. The summed E-state index contributed by atoms with van der Waals surface area (Å²) in [7, 11) is 0. The lowest BCUT2D eigenvalue weighted by atomic mass is 10.0. The molecular weight excluding hydrogens is 402 g/mol. The third-order valence-corrected chi connectivity index (χ3v) is 5.51. The van der Waals surface area contributed by atoms with Crippen LogP contribution in [-0.2, 0) is 6.42 Å². The van der Waals surface area contributed by atoms with Crippen molar-refractivity contribution in [3.8, 4) is 11.1 Å². The van der Waals surface area contributed by atoms with Gasteiger partial charge in [0.1, 0.15) is 0 Å². The predicted molar refractivity (Wildman–Crippen MR) is 99.4 cm³/mol. The first-order valence-electron chi connectivity index (χ1n) is 7.22. The second kappa shape index (κ2) is 4.46. The van der Waals surface area contributed by atoms with E-state index >= 15 is 0 Å². The maximum atomic E-state index is 3.59. The Hall–Kier alpha value is -1.58. The first-order valence-corrected chi connectivity index (χ1v) is 8.80. The Morgan fingerprint density at radius 2 is 1.41 bits per heavy atom. The molecule has 4 aromatic rings. The van der Waals surface area contributed by atoms with E-state index in [9.17, 15) is 0 Å². The molecule has 0 saturated heterocycles. The maximum absolute atomic E-state index is 3.59. The highest BCUT2D eigenvalue weighted by atomic mass is 79.9. The average Bonchev–Trinajstić information content (AvgIpc) is 3.02. The largest absolute Gasteiger partial charge is 0.354 e. The highest BCUT2D eigenvalue weighted by Gasteiger charge is 2.20. The molecule has 0 fully saturated rings. The van der Waals surface area contributed by atoms with Gasteiger partial charge in [-0.25, -0.2) is 0 Å². The number of rotatable bonds is 0. The van der Waals surface area contributed by atoms with Crippen LogP contribution < -0.4 is 0 Å². The van der Waals surface area contributed by atoms with Gasteiger partial charge in [0.05, 0.1) is 0 Å². The fourth-order valence-corrected chi connectivity index (χ4v) is 4.24. The van der Waals surface area contributed by atoms with Gasteiger partial charge in [-0.1, -0.05) is 37.9 Å². The molecular formula is C19H11Br2N. The third-order valence-electron chi connectivity index (χ3n) is 4.53. The zero-order chi connectivity index (χ0) is 14.8. The summed E-state index contributed by atoms with van der Waals surface area (Å²) in [6.07, 6.45) is 1.02. The number of aromatic amines is 1. The van der Waals surface area contributed by atoms with Gasteiger partial charge < -0.3 is 4.98 Å². The molecule has 106 valence electrons. The molecule has 5 rings (SSSR count). The number of fused-ring (bicyclic) bond motifs is 6. The van der Waals surface area contributed by atoms with Crippen molar-refractivity contribution in [2.45, 2.75) is 6.42 Å².